The van der Waals surface area contributed by atoms with Gasteiger partial charge in [0.15, 0.2) is 0 Å². The first-order valence-electron chi connectivity index (χ1n) is 9.24. The number of imide groups is 1. The highest BCUT2D eigenvalue weighted by molar-refractivity contribution is 8.18. The maximum absolute atomic E-state index is 12.7. The summed E-state index contributed by atoms with van der Waals surface area (Å²) < 4.78 is 0. The fourth-order valence-electron chi connectivity index (χ4n) is 3.37. The molecule has 0 bridgehead atoms. The topological polar surface area (TPSA) is 66.5 Å². The highest BCUT2D eigenvalue weighted by Crippen LogP contribution is 2.48. The van der Waals surface area contributed by atoms with Crippen molar-refractivity contribution >= 4 is 34.9 Å². The summed E-state index contributed by atoms with van der Waals surface area (Å²) in [5, 5.41) is 2.60. The van der Waals surface area contributed by atoms with Crippen molar-refractivity contribution in [3.8, 4) is 0 Å². The summed E-state index contributed by atoms with van der Waals surface area (Å²) in [4.78, 5) is 39.0. The van der Waals surface area contributed by atoms with Crippen LogP contribution in [0.4, 0.5) is 4.79 Å². The van der Waals surface area contributed by atoms with Gasteiger partial charge in [-0.05, 0) is 41.8 Å². The molecule has 1 saturated heterocycles. The van der Waals surface area contributed by atoms with Gasteiger partial charge < -0.3 is 5.32 Å². The Balaban J connectivity index is 1.35. The summed E-state index contributed by atoms with van der Waals surface area (Å²) in [6.45, 7) is 0.428. The van der Waals surface area contributed by atoms with E-state index in [4.69, 9.17) is 0 Å². The fourth-order valence-corrected chi connectivity index (χ4v) is 4.24. The highest BCUT2D eigenvalue weighted by Gasteiger charge is 2.51. The molecule has 0 aromatic heterocycles. The zero-order valence-electron chi connectivity index (χ0n) is 15.3. The summed E-state index contributed by atoms with van der Waals surface area (Å²) in [5.74, 6) is -0.345. The Morgan fingerprint density at radius 1 is 1.04 bits per heavy atom. The van der Waals surface area contributed by atoms with Crippen LogP contribution < -0.4 is 5.32 Å². The molecule has 142 valence electrons. The fraction of sp³-hybridized carbons (Fsp3) is 0.227. The standard InChI is InChI=1S/C22H20N2O3S/c25-19-18(15-16-7-3-1-4-8-16)28-21(27)24(19)14-13-23-20(26)22(11-12-22)17-9-5-2-6-10-17/h1-10,15H,11-14H2,(H,23,26). The number of hydrogen-bond donors (Lipinski definition) is 1. The lowest BCUT2D eigenvalue weighted by molar-refractivity contribution is -0.125. The Kier molecular flexibility index (Phi) is 5.05. The van der Waals surface area contributed by atoms with Crippen LogP contribution in [0.3, 0.4) is 0 Å². The van der Waals surface area contributed by atoms with Crippen molar-refractivity contribution in [3.63, 3.8) is 0 Å². The molecule has 2 fully saturated rings. The summed E-state index contributed by atoms with van der Waals surface area (Å²) in [5.41, 5.74) is 1.44. The average molecular weight is 392 g/mol. The number of carbonyl (C=O) groups is 3. The summed E-state index contributed by atoms with van der Waals surface area (Å²) >= 11 is 0.936. The molecule has 1 aliphatic carbocycles. The van der Waals surface area contributed by atoms with Gasteiger partial charge in [-0.1, -0.05) is 60.7 Å². The summed E-state index contributed by atoms with van der Waals surface area (Å²) in [6, 6.07) is 19.2. The molecule has 6 heteroatoms. The third kappa shape index (κ3) is 3.60. The monoisotopic (exact) mass is 392 g/mol. The second-order valence-corrected chi connectivity index (χ2v) is 7.94. The zero-order chi connectivity index (χ0) is 19.6. The number of amides is 3. The van der Waals surface area contributed by atoms with Gasteiger partial charge in [0.2, 0.25) is 5.91 Å². The van der Waals surface area contributed by atoms with Crippen molar-refractivity contribution in [3.05, 3.63) is 76.7 Å². The molecule has 1 N–H and O–H groups in total. The van der Waals surface area contributed by atoms with E-state index in [0.29, 0.717) is 4.91 Å². The maximum atomic E-state index is 12.7. The highest BCUT2D eigenvalue weighted by atomic mass is 32.2. The van der Waals surface area contributed by atoms with Crippen LogP contribution in [0.2, 0.25) is 0 Å². The molecule has 0 atom stereocenters. The van der Waals surface area contributed by atoms with Crippen LogP contribution in [-0.4, -0.2) is 35.0 Å². The Morgan fingerprint density at radius 3 is 2.32 bits per heavy atom. The Bertz CT molecular complexity index is 937. The van der Waals surface area contributed by atoms with E-state index in [1.54, 1.807) is 6.08 Å². The van der Waals surface area contributed by atoms with Crippen LogP contribution >= 0.6 is 11.8 Å². The Hall–Kier alpha value is -2.86. The van der Waals surface area contributed by atoms with E-state index in [9.17, 15) is 14.4 Å². The van der Waals surface area contributed by atoms with Gasteiger partial charge in [-0.25, -0.2) is 0 Å². The van der Waals surface area contributed by atoms with E-state index < -0.39 is 5.41 Å². The minimum absolute atomic E-state index is 0.0366. The quantitative estimate of drug-likeness (QED) is 0.763. The molecule has 28 heavy (non-hydrogen) atoms. The zero-order valence-corrected chi connectivity index (χ0v) is 16.1. The van der Waals surface area contributed by atoms with Crippen LogP contribution in [0.15, 0.2) is 65.6 Å². The minimum atomic E-state index is -0.451. The van der Waals surface area contributed by atoms with E-state index in [-0.39, 0.29) is 30.1 Å². The van der Waals surface area contributed by atoms with Gasteiger partial charge in [-0.15, -0.1) is 0 Å². The van der Waals surface area contributed by atoms with Crippen LogP contribution in [-0.2, 0) is 15.0 Å². The number of nitrogens with one attached hydrogen (secondary N) is 1. The Morgan fingerprint density at radius 2 is 1.68 bits per heavy atom. The molecule has 5 nitrogen and oxygen atoms in total. The molecular weight excluding hydrogens is 372 g/mol. The normalized spacial score (nSPS) is 19.1. The molecule has 1 aliphatic heterocycles. The first kappa shape index (κ1) is 18.5. The van der Waals surface area contributed by atoms with Gasteiger partial charge in [0.1, 0.15) is 0 Å². The Labute approximate surface area is 167 Å². The molecule has 1 heterocycles. The first-order valence-corrected chi connectivity index (χ1v) is 10.1. The molecule has 2 aliphatic rings. The lowest BCUT2D eigenvalue weighted by Gasteiger charge is -2.17. The smallest absolute Gasteiger partial charge is 0.293 e. The number of hydrogen-bond acceptors (Lipinski definition) is 4. The third-order valence-corrected chi connectivity index (χ3v) is 6.01. The van der Waals surface area contributed by atoms with Gasteiger partial charge in [0.05, 0.1) is 10.3 Å². The maximum Gasteiger partial charge on any atom is 0.293 e. The lowest BCUT2D eigenvalue weighted by atomic mass is 9.95. The molecule has 1 saturated carbocycles. The van der Waals surface area contributed by atoms with Crippen molar-refractivity contribution in [1.82, 2.24) is 10.2 Å². The van der Waals surface area contributed by atoms with Crippen molar-refractivity contribution < 1.29 is 14.4 Å². The molecule has 0 unspecified atom stereocenters. The number of nitrogens with zero attached hydrogens (tertiary/aromatic N) is 1. The average Bonchev–Trinajstić information content (AvgIpc) is 3.49. The van der Waals surface area contributed by atoms with Crippen molar-refractivity contribution in [2.24, 2.45) is 0 Å². The molecule has 4 rings (SSSR count). The van der Waals surface area contributed by atoms with Crippen LogP contribution in [0, 0.1) is 0 Å². The molecule has 2 aromatic rings. The number of thioether (sulfide) groups is 1. The van der Waals surface area contributed by atoms with E-state index in [1.165, 1.54) is 4.90 Å². The van der Waals surface area contributed by atoms with Crippen molar-refractivity contribution in [2.75, 3.05) is 13.1 Å². The molecule has 3 amide bonds. The second-order valence-electron chi connectivity index (χ2n) is 6.95. The van der Waals surface area contributed by atoms with Gasteiger partial charge in [-0.3, -0.25) is 19.3 Å². The predicted octanol–water partition coefficient (Wildman–Crippen LogP) is 3.57. The molecular formula is C22H20N2O3S. The minimum Gasteiger partial charge on any atom is -0.354 e. The number of rotatable bonds is 6. The van der Waals surface area contributed by atoms with Gasteiger partial charge in [0, 0.05) is 13.1 Å². The van der Waals surface area contributed by atoms with Crippen LogP contribution in [0.5, 0.6) is 0 Å². The largest absolute Gasteiger partial charge is 0.354 e. The van der Waals surface area contributed by atoms with Crippen molar-refractivity contribution in [1.29, 1.82) is 0 Å². The lowest BCUT2D eigenvalue weighted by Crippen LogP contribution is -2.41. The number of benzene rings is 2. The van der Waals surface area contributed by atoms with E-state index in [1.807, 2.05) is 60.7 Å². The SMILES string of the molecule is O=C1SC(=Cc2ccccc2)C(=O)N1CCNC(=O)C1(c2ccccc2)CC1. The van der Waals surface area contributed by atoms with Crippen LogP contribution in [0.1, 0.15) is 24.0 Å². The van der Waals surface area contributed by atoms with Gasteiger partial charge in [0.25, 0.3) is 11.1 Å². The predicted molar refractivity (Wildman–Crippen MR) is 109 cm³/mol. The van der Waals surface area contributed by atoms with Gasteiger partial charge in [-0.2, -0.15) is 0 Å². The van der Waals surface area contributed by atoms with E-state index >= 15 is 0 Å². The molecule has 0 radical (unpaired) electrons. The van der Waals surface area contributed by atoms with E-state index in [2.05, 4.69) is 5.32 Å². The number of carbonyl (C=O) groups excluding carboxylic acids is 3. The van der Waals surface area contributed by atoms with Crippen molar-refractivity contribution in [2.45, 2.75) is 18.3 Å². The third-order valence-electron chi connectivity index (χ3n) is 5.10. The van der Waals surface area contributed by atoms with Crippen LogP contribution in [0.25, 0.3) is 6.08 Å². The first-order chi connectivity index (χ1) is 13.6. The molecule has 0 spiro atoms. The van der Waals surface area contributed by atoms with Gasteiger partial charge >= 0.3 is 0 Å². The van der Waals surface area contributed by atoms with E-state index in [0.717, 1.165) is 35.7 Å². The molecule has 2 aromatic carbocycles. The second kappa shape index (κ2) is 7.64. The summed E-state index contributed by atoms with van der Waals surface area (Å²) in [6.07, 6.45) is 3.37. The summed E-state index contributed by atoms with van der Waals surface area (Å²) in [7, 11) is 0.